The van der Waals surface area contributed by atoms with Gasteiger partial charge in [-0.05, 0) is 48.2 Å². The van der Waals surface area contributed by atoms with E-state index in [2.05, 4.69) is 25.7 Å². The van der Waals surface area contributed by atoms with E-state index in [-0.39, 0.29) is 5.41 Å². The molecule has 0 unspecified atom stereocenters. The fourth-order valence-corrected chi connectivity index (χ4v) is 3.96. The van der Waals surface area contributed by atoms with Crippen molar-refractivity contribution in [3.8, 4) is 5.82 Å². The lowest BCUT2D eigenvalue weighted by molar-refractivity contribution is -0.137. The van der Waals surface area contributed by atoms with Crippen LogP contribution in [0.15, 0.2) is 66.0 Å². The van der Waals surface area contributed by atoms with Crippen molar-refractivity contribution >= 4 is 5.96 Å². The molecule has 1 aliphatic rings. The van der Waals surface area contributed by atoms with Gasteiger partial charge < -0.3 is 10.6 Å². The van der Waals surface area contributed by atoms with Gasteiger partial charge in [0.25, 0.3) is 0 Å². The zero-order valence-electron chi connectivity index (χ0n) is 17.7. The van der Waals surface area contributed by atoms with Crippen LogP contribution in [0.25, 0.3) is 5.82 Å². The van der Waals surface area contributed by atoms with Crippen LogP contribution in [-0.2, 0) is 18.1 Å². The highest BCUT2D eigenvalue weighted by atomic mass is 19.4. The Kier molecular flexibility index (Phi) is 6.16. The third kappa shape index (κ3) is 4.76. The number of benzene rings is 1. The van der Waals surface area contributed by atoms with Crippen molar-refractivity contribution < 1.29 is 13.2 Å². The van der Waals surface area contributed by atoms with Crippen molar-refractivity contribution in [3.05, 3.63) is 77.7 Å². The van der Waals surface area contributed by atoms with Crippen molar-refractivity contribution in [2.24, 2.45) is 4.99 Å². The number of pyridine rings is 1. The first-order valence-corrected chi connectivity index (χ1v) is 10.5. The van der Waals surface area contributed by atoms with Gasteiger partial charge in [0.05, 0.1) is 5.56 Å². The second kappa shape index (κ2) is 9.02. The molecule has 0 amide bonds. The third-order valence-electron chi connectivity index (χ3n) is 5.94. The minimum atomic E-state index is -4.34. The van der Waals surface area contributed by atoms with Gasteiger partial charge in [0.2, 0.25) is 0 Å². The maximum absolute atomic E-state index is 13.2. The Balaban J connectivity index is 1.40. The predicted octanol–water partition coefficient (Wildman–Crippen LogP) is 4.07. The summed E-state index contributed by atoms with van der Waals surface area (Å²) in [5.74, 6) is 1.32. The van der Waals surface area contributed by atoms with E-state index in [1.54, 1.807) is 30.2 Å². The second-order valence-electron chi connectivity index (χ2n) is 7.96. The van der Waals surface area contributed by atoms with E-state index in [1.807, 2.05) is 24.4 Å². The van der Waals surface area contributed by atoms with E-state index < -0.39 is 11.7 Å². The number of aliphatic imine (C=N–C) groups is 1. The van der Waals surface area contributed by atoms with E-state index >= 15 is 0 Å². The quantitative estimate of drug-likeness (QED) is 0.446. The van der Waals surface area contributed by atoms with Crippen LogP contribution in [0.3, 0.4) is 0 Å². The molecule has 0 atom stereocenters. The smallest absolute Gasteiger partial charge is 0.356 e. The third-order valence-corrected chi connectivity index (χ3v) is 5.94. The van der Waals surface area contributed by atoms with Gasteiger partial charge >= 0.3 is 6.18 Å². The van der Waals surface area contributed by atoms with E-state index in [1.165, 1.54) is 12.1 Å². The fraction of sp³-hybridized carbons (Fsp3) is 0.348. The first-order chi connectivity index (χ1) is 15.4. The summed E-state index contributed by atoms with van der Waals surface area (Å²) >= 11 is 0. The van der Waals surface area contributed by atoms with Crippen molar-refractivity contribution in [1.82, 2.24) is 25.4 Å². The van der Waals surface area contributed by atoms with Crippen LogP contribution in [0.5, 0.6) is 0 Å². The van der Waals surface area contributed by atoms with Crippen LogP contribution in [0.2, 0.25) is 0 Å². The lowest BCUT2D eigenvalue weighted by atomic mass is 9.64. The lowest BCUT2D eigenvalue weighted by Crippen LogP contribution is -2.48. The number of halogens is 3. The van der Waals surface area contributed by atoms with Crippen molar-refractivity contribution in [3.63, 3.8) is 0 Å². The fourth-order valence-electron chi connectivity index (χ4n) is 3.96. The Morgan fingerprint density at radius 2 is 1.97 bits per heavy atom. The van der Waals surface area contributed by atoms with Gasteiger partial charge in [-0.25, -0.2) is 9.67 Å². The molecular weight excluding hydrogens is 417 g/mol. The molecule has 6 nitrogen and oxygen atoms in total. The monoisotopic (exact) mass is 442 g/mol. The molecule has 1 aliphatic carbocycles. The molecule has 1 fully saturated rings. The molecule has 32 heavy (non-hydrogen) atoms. The van der Waals surface area contributed by atoms with Gasteiger partial charge in [-0.1, -0.05) is 24.6 Å². The summed E-state index contributed by atoms with van der Waals surface area (Å²) in [5, 5.41) is 10.8. The lowest BCUT2D eigenvalue weighted by Gasteiger charge is -2.43. The molecule has 0 radical (unpaired) electrons. The number of hydrogen-bond acceptors (Lipinski definition) is 3. The van der Waals surface area contributed by atoms with E-state index in [0.29, 0.717) is 19.0 Å². The molecule has 168 valence electrons. The molecule has 0 saturated heterocycles. The van der Waals surface area contributed by atoms with Crippen molar-refractivity contribution in [2.45, 2.75) is 37.4 Å². The zero-order valence-corrected chi connectivity index (χ0v) is 17.7. The molecule has 0 spiro atoms. The number of alkyl halides is 3. The molecule has 1 aromatic carbocycles. The summed E-state index contributed by atoms with van der Waals surface area (Å²) in [5.41, 5.74) is 0.807. The number of nitrogens with zero attached hydrogens (tertiary/aromatic N) is 4. The first kappa shape index (κ1) is 21.9. The summed E-state index contributed by atoms with van der Waals surface area (Å²) in [6, 6.07) is 11.4. The Labute approximate surface area is 184 Å². The maximum Gasteiger partial charge on any atom is 0.416 e. The van der Waals surface area contributed by atoms with Crippen LogP contribution < -0.4 is 10.6 Å². The number of guanidine groups is 1. The van der Waals surface area contributed by atoms with Crippen LogP contribution in [0, 0.1) is 0 Å². The molecule has 9 heteroatoms. The summed E-state index contributed by atoms with van der Waals surface area (Å²) in [6.07, 6.45) is 3.58. The molecular formula is C23H25F3N6. The van der Waals surface area contributed by atoms with E-state index in [9.17, 15) is 13.2 Å². The SMILES string of the molecule is CN=C(NCc1ccnc(-n2cccn2)c1)NCC1(c2cccc(C(F)(F)F)c2)CCC1. The van der Waals surface area contributed by atoms with Gasteiger partial charge in [-0.3, -0.25) is 4.99 Å². The minimum absolute atomic E-state index is 0.317. The molecule has 2 heterocycles. The summed E-state index contributed by atoms with van der Waals surface area (Å²) < 4.78 is 41.2. The zero-order chi connectivity index (χ0) is 22.6. The van der Waals surface area contributed by atoms with Gasteiger partial charge in [-0.2, -0.15) is 18.3 Å². The van der Waals surface area contributed by atoms with Crippen LogP contribution in [0.4, 0.5) is 13.2 Å². The number of rotatable bonds is 6. The molecule has 4 rings (SSSR count). The largest absolute Gasteiger partial charge is 0.416 e. The molecule has 1 saturated carbocycles. The number of hydrogen-bond donors (Lipinski definition) is 2. The van der Waals surface area contributed by atoms with Crippen LogP contribution >= 0.6 is 0 Å². The Morgan fingerprint density at radius 3 is 2.62 bits per heavy atom. The molecule has 0 aliphatic heterocycles. The first-order valence-electron chi connectivity index (χ1n) is 10.5. The molecule has 3 aromatic rings. The summed E-state index contributed by atoms with van der Waals surface area (Å²) in [7, 11) is 1.68. The van der Waals surface area contributed by atoms with Gasteiger partial charge in [0, 0.05) is 44.1 Å². The topological polar surface area (TPSA) is 67.1 Å². The van der Waals surface area contributed by atoms with E-state index in [0.717, 1.165) is 42.3 Å². The summed E-state index contributed by atoms with van der Waals surface area (Å²) in [4.78, 5) is 8.59. The van der Waals surface area contributed by atoms with Gasteiger partial charge in [0.1, 0.15) is 0 Å². The highest BCUT2D eigenvalue weighted by molar-refractivity contribution is 5.79. The Hall–Kier alpha value is -3.36. The number of aromatic nitrogens is 3. The molecule has 2 aromatic heterocycles. The average Bonchev–Trinajstić information content (AvgIpc) is 3.30. The highest BCUT2D eigenvalue weighted by Crippen LogP contribution is 2.44. The molecule has 2 N–H and O–H groups in total. The van der Waals surface area contributed by atoms with E-state index in [4.69, 9.17) is 0 Å². The van der Waals surface area contributed by atoms with Crippen LogP contribution in [0.1, 0.15) is 36.0 Å². The standard InChI is InChI=1S/C23H25F3N6/c1-27-21(29-15-17-7-11-28-20(13-17)32-12-4-10-31-32)30-16-22(8-3-9-22)18-5-2-6-19(14-18)23(24,25)26/h2,4-7,10-14H,3,8-9,15-16H2,1H3,(H2,27,29,30). The van der Waals surface area contributed by atoms with Crippen molar-refractivity contribution in [2.75, 3.05) is 13.6 Å². The Bertz CT molecular complexity index is 1070. The van der Waals surface area contributed by atoms with Crippen LogP contribution in [-0.4, -0.2) is 34.3 Å². The molecule has 0 bridgehead atoms. The maximum atomic E-state index is 13.2. The average molecular weight is 442 g/mol. The minimum Gasteiger partial charge on any atom is -0.356 e. The number of nitrogens with one attached hydrogen (secondary N) is 2. The second-order valence-corrected chi connectivity index (χ2v) is 7.96. The van der Waals surface area contributed by atoms with Gasteiger partial charge in [0.15, 0.2) is 11.8 Å². The summed E-state index contributed by atoms with van der Waals surface area (Å²) in [6.45, 7) is 1.04. The normalized spacial score (nSPS) is 15.8. The van der Waals surface area contributed by atoms with Gasteiger partial charge in [-0.15, -0.1) is 0 Å². The predicted molar refractivity (Wildman–Crippen MR) is 117 cm³/mol. The highest BCUT2D eigenvalue weighted by Gasteiger charge is 2.40. The Morgan fingerprint density at radius 1 is 1.12 bits per heavy atom. The van der Waals surface area contributed by atoms with Crippen molar-refractivity contribution in [1.29, 1.82) is 0 Å².